The molecule has 0 aromatic heterocycles. The smallest absolute Gasteiger partial charge is 0.324 e. The Morgan fingerprint density at radius 2 is 2.00 bits per heavy atom. The predicted octanol–water partition coefficient (Wildman–Crippen LogP) is 3.99. The molecule has 1 unspecified atom stereocenters. The van der Waals surface area contributed by atoms with Gasteiger partial charge in [0.25, 0.3) is 0 Å². The Bertz CT molecular complexity index is 348. The average Bonchev–Trinajstić information content (AvgIpc) is 2.17. The number of carbonyl (C=O) groups is 1. The fraction of sp³-hybridized carbons (Fsp3) is 0.300. The highest BCUT2D eigenvalue weighted by molar-refractivity contribution is 9.09. The van der Waals surface area contributed by atoms with Crippen LogP contribution in [0.4, 0.5) is 0 Å². The normalized spacial score (nSPS) is 12.3. The first-order valence-electron chi connectivity index (χ1n) is 4.32. The van der Waals surface area contributed by atoms with Crippen molar-refractivity contribution in [3.8, 4) is 0 Å². The molecule has 0 heterocycles. The number of hydrogen-bond acceptors (Lipinski definition) is 2. The van der Waals surface area contributed by atoms with Crippen LogP contribution in [0, 0.1) is 0 Å². The van der Waals surface area contributed by atoms with E-state index in [2.05, 4.69) is 15.9 Å². The van der Waals surface area contributed by atoms with Crippen molar-refractivity contribution in [3.63, 3.8) is 0 Å². The molecule has 82 valence electrons. The number of benzene rings is 1. The standard InChI is InChI=1S/C10H9BrCl2O2/c1-2-15-10(14)9(11)8-6(12)4-3-5-7(8)13/h3-5,9H,2H2,1H3. The molecule has 0 spiro atoms. The molecule has 5 heteroatoms. The van der Waals surface area contributed by atoms with Crippen LogP contribution in [0.1, 0.15) is 17.3 Å². The second kappa shape index (κ2) is 5.73. The van der Waals surface area contributed by atoms with Crippen LogP contribution >= 0.6 is 39.1 Å². The summed E-state index contributed by atoms with van der Waals surface area (Å²) in [5.41, 5.74) is 0.541. The minimum atomic E-state index is -0.626. The quantitative estimate of drug-likeness (QED) is 0.623. The first-order chi connectivity index (χ1) is 7.07. The molecule has 0 saturated carbocycles. The molecule has 0 aliphatic heterocycles. The number of halogens is 3. The predicted molar refractivity (Wildman–Crippen MR) is 64.8 cm³/mol. The molecule has 1 aromatic rings. The number of esters is 1. The minimum absolute atomic E-state index is 0.322. The fourth-order valence-corrected chi connectivity index (χ4v) is 2.59. The van der Waals surface area contributed by atoms with Crippen LogP contribution in [-0.4, -0.2) is 12.6 Å². The Kier molecular flexibility index (Phi) is 4.90. The summed E-state index contributed by atoms with van der Waals surface area (Å²) in [6, 6.07) is 5.07. The molecule has 0 aliphatic carbocycles. The van der Waals surface area contributed by atoms with Gasteiger partial charge in [-0.15, -0.1) is 0 Å². The topological polar surface area (TPSA) is 26.3 Å². The van der Waals surface area contributed by atoms with E-state index in [0.717, 1.165) is 0 Å². The first-order valence-corrected chi connectivity index (χ1v) is 5.99. The van der Waals surface area contributed by atoms with Crippen LogP contribution in [0.5, 0.6) is 0 Å². The summed E-state index contributed by atoms with van der Waals surface area (Å²) in [4.78, 5) is 10.8. The van der Waals surface area contributed by atoms with Crippen molar-refractivity contribution in [2.75, 3.05) is 6.61 Å². The summed E-state index contributed by atoms with van der Waals surface area (Å²) >= 11 is 15.1. The number of alkyl halides is 1. The molecule has 2 nitrogen and oxygen atoms in total. The van der Waals surface area contributed by atoms with E-state index in [9.17, 15) is 4.79 Å². The van der Waals surface area contributed by atoms with Crippen molar-refractivity contribution in [1.82, 2.24) is 0 Å². The molecule has 1 atom stereocenters. The lowest BCUT2D eigenvalue weighted by atomic mass is 10.1. The van der Waals surface area contributed by atoms with E-state index in [-0.39, 0.29) is 0 Å². The second-order valence-corrected chi connectivity index (χ2v) is 4.48. The third-order valence-electron chi connectivity index (χ3n) is 1.75. The first kappa shape index (κ1) is 12.8. The van der Waals surface area contributed by atoms with Gasteiger partial charge in [0.15, 0.2) is 0 Å². The van der Waals surface area contributed by atoms with E-state index in [0.29, 0.717) is 22.2 Å². The highest BCUT2D eigenvalue weighted by atomic mass is 79.9. The van der Waals surface area contributed by atoms with E-state index in [1.165, 1.54) is 0 Å². The van der Waals surface area contributed by atoms with Gasteiger partial charge in [-0.25, -0.2) is 0 Å². The zero-order valence-corrected chi connectivity index (χ0v) is 11.1. The lowest BCUT2D eigenvalue weighted by Gasteiger charge is -2.12. The third-order valence-corrected chi connectivity index (χ3v) is 3.24. The van der Waals surface area contributed by atoms with Crippen LogP contribution in [0.3, 0.4) is 0 Å². The molecule has 0 fully saturated rings. The lowest BCUT2D eigenvalue weighted by Crippen LogP contribution is -2.11. The molecule has 1 rings (SSSR count). The van der Waals surface area contributed by atoms with E-state index in [1.807, 2.05) is 0 Å². The molecule has 0 radical (unpaired) electrons. The summed E-state index contributed by atoms with van der Waals surface area (Å²) in [6.45, 7) is 2.06. The Morgan fingerprint density at radius 3 is 2.47 bits per heavy atom. The van der Waals surface area contributed by atoms with Crippen LogP contribution in [0.15, 0.2) is 18.2 Å². The zero-order chi connectivity index (χ0) is 11.4. The van der Waals surface area contributed by atoms with Crippen molar-refractivity contribution in [3.05, 3.63) is 33.8 Å². The van der Waals surface area contributed by atoms with Crippen molar-refractivity contribution in [2.45, 2.75) is 11.8 Å². The molecule has 0 bridgehead atoms. The maximum atomic E-state index is 11.5. The van der Waals surface area contributed by atoms with E-state index < -0.39 is 10.8 Å². The van der Waals surface area contributed by atoms with Crippen molar-refractivity contribution < 1.29 is 9.53 Å². The van der Waals surface area contributed by atoms with Crippen LogP contribution in [-0.2, 0) is 9.53 Å². The number of carbonyl (C=O) groups excluding carboxylic acids is 1. The van der Waals surface area contributed by atoms with Gasteiger partial charge in [-0.3, -0.25) is 4.79 Å². The van der Waals surface area contributed by atoms with Gasteiger partial charge in [0.2, 0.25) is 0 Å². The van der Waals surface area contributed by atoms with Gasteiger partial charge in [-0.05, 0) is 19.1 Å². The summed E-state index contributed by atoms with van der Waals surface area (Å²) in [5.74, 6) is -0.396. The number of ether oxygens (including phenoxy) is 1. The number of rotatable bonds is 3. The van der Waals surface area contributed by atoms with Crippen LogP contribution < -0.4 is 0 Å². The Hall–Kier alpha value is -0.250. The molecule has 15 heavy (non-hydrogen) atoms. The Labute approximate surface area is 107 Å². The molecule has 0 aliphatic rings. The molecule has 0 N–H and O–H groups in total. The molecular weight excluding hydrogens is 303 g/mol. The van der Waals surface area contributed by atoms with Gasteiger partial charge >= 0.3 is 5.97 Å². The van der Waals surface area contributed by atoms with E-state index in [1.54, 1.807) is 25.1 Å². The average molecular weight is 312 g/mol. The van der Waals surface area contributed by atoms with Gasteiger partial charge in [0.1, 0.15) is 4.83 Å². The van der Waals surface area contributed by atoms with Gasteiger partial charge in [0, 0.05) is 15.6 Å². The van der Waals surface area contributed by atoms with Crippen molar-refractivity contribution in [2.24, 2.45) is 0 Å². The highest BCUT2D eigenvalue weighted by Gasteiger charge is 2.23. The maximum Gasteiger partial charge on any atom is 0.324 e. The fourth-order valence-electron chi connectivity index (χ4n) is 1.09. The number of hydrogen-bond donors (Lipinski definition) is 0. The van der Waals surface area contributed by atoms with Crippen LogP contribution in [0.25, 0.3) is 0 Å². The Balaban J connectivity index is 3.00. The van der Waals surface area contributed by atoms with Crippen molar-refractivity contribution in [1.29, 1.82) is 0 Å². The molecular formula is C10H9BrCl2O2. The molecule has 0 saturated heterocycles. The van der Waals surface area contributed by atoms with Gasteiger partial charge < -0.3 is 4.74 Å². The highest BCUT2D eigenvalue weighted by Crippen LogP contribution is 2.35. The molecule has 0 amide bonds. The van der Waals surface area contributed by atoms with Gasteiger partial charge in [0.05, 0.1) is 6.61 Å². The maximum absolute atomic E-state index is 11.5. The second-order valence-electron chi connectivity index (χ2n) is 2.75. The lowest BCUT2D eigenvalue weighted by molar-refractivity contribution is -0.142. The van der Waals surface area contributed by atoms with E-state index >= 15 is 0 Å². The van der Waals surface area contributed by atoms with E-state index in [4.69, 9.17) is 27.9 Å². The largest absolute Gasteiger partial charge is 0.465 e. The SMILES string of the molecule is CCOC(=O)C(Br)c1c(Cl)cccc1Cl. The van der Waals surface area contributed by atoms with Gasteiger partial charge in [-0.2, -0.15) is 0 Å². The summed E-state index contributed by atoms with van der Waals surface area (Å²) < 4.78 is 4.86. The molecule has 1 aromatic carbocycles. The summed E-state index contributed by atoms with van der Waals surface area (Å²) in [6.07, 6.45) is 0. The minimum Gasteiger partial charge on any atom is -0.465 e. The summed E-state index contributed by atoms with van der Waals surface area (Å²) in [5, 5.41) is 0.884. The summed E-state index contributed by atoms with van der Waals surface area (Å²) in [7, 11) is 0. The monoisotopic (exact) mass is 310 g/mol. The third kappa shape index (κ3) is 3.10. The van der Waals surface area contributed by atoms with Crippen molar-refractivity contribution >= 4 is 45.1 Å². The van der Waals surface area contributed by atoms with Gasteiger partial charge in [-0.1, -0.05) is 45.2 Å². The Morgan fingerprint density at radius 1 is 1.47 bits per heavy atom. The zero-order valence-electron chi connectivity index (χ0n) is 7.97. The van der Waals surface area contributed by atoms with Crippen LogP contribution in [0.2, 0.25) is 10.0 Å².